The van der Waals surface area contributed by atoms with Crippen molar-refractivity contribution in [3.63, 3.8) is 0 Å². The predicted octanol–water partition coefficient (Wildman–Crippen LogP) is 3.34. The molecule has 0 saturated heterocycles. The third kappa shape index (κ3) is 3.03. The molecule has 25 heavy (non-hydrogen) atoms. The summed E-state index contributed by atoms with van der Waals surface area (Å²) in [5, 5.41) is 23.8. The van der Waals surface area contributed by atoms with Crippen molar-refractivity contribution in [3.8, 4) is 0 Å². The molecular weight excluding hydrogens is 356 g/mol. The number of hydrogen-bond donors (Lipinski definition) is 2. The summed E-state index contributed by atoms with van der Waals surface area (Å²) in [5.41, 5.74) is 0.808. The Morgan fingerprint density at radius 1 is 1.32 bits per heavy atom. The highest BCUT2D eigenvalue weighted by Crippen LogP contribution is 2.33. The smallest absolute Gasteiger partial charge is 0.273 e. The van der Waals surface area contributed by atoms with Gasteiger partial charge < -0.3 is 14.9 Å². The van der Waals surface area contributed by atoms with E-state index in [1.807, 2.05) is 34.3 Å². The first kappa shape index (κ1) is 16.5. The van der Waals surface area contributed by atoms with Gasteiger partial charge in [0.1, 0.15) is 11.4 Å². The Labute approximate surface area is 153 Å². The summed E-state index contributed by atoms with van der Waals surface area (Å²) in [7, 11) is 0. The minimum Gasteiger partial charge on any atom is -0.378 e. The van der Waals surface area contributed by atoms with Crippen molar-refractivity contribution in [1.82, 2.24) is 10.5 Å². The maximum atomic E-state index is 12.6. The molecule has 1 atom stereocenters. The zero-order valence-corrected chi connectivity index (χ0v) is 15.2. The normalized spacial score (nSPS) is 16.2. The molecule has 0 fully saturated rings. The number of carbonyl (C=O) groups is 1. The van der Waals surface area contributed by atoms with Gasteiger partial charge in [0.2, 0.25) is 0 Å². The number of fused-ring (bicyclic) bond motifs is 1. The minimum atomic E-state index is -1.24. The van der Waals surface area contributed by atoms with Crippen LogP contribution in [0.15, 0.2) is 38.9 Å². The molecule has 0 unspecified atom stereocenters. The third-order valence-electron chi connectivity index (χ3n) is 4.60. The van der Waals surface area contributed by atoms with E-state index in [0.29, 0.717) is 5.69 Å². The number of carbonyl (C=O) groups excluding carboxylic acids is 1. The first-order chi connectivity index (χ1) is 12.2. The van der Waals surface area contributed by atoms with E-state index >= 15 is 0 Å². The van der Waals surface area contributed by atoms with Gasteiger partial charge in [0.15, 0.2) is 5.69 Å². The third-order valence-corrected chi connectivity index (χ3v) is 6.30. The number of aryl methyl sites for hydroxylation is 1. The number of rotatable bonds is 5. The lowest BCUT2D eigenvalue weighted by molar-refractivity contribution is 0.0715. The number of nitrogens with one attached hydrogen (secondary N) is 1. The van der Waals surface area contributed by atoms with Crippen molar-refractivity contribution >= 4 is 28.6 Å². The van der Waals surface area contributed by atoms with E-state index < -0.39 is 5.60 Å². The van der Waals surface area contributed by atoms with Crippen LogP contribution in [0.25, 0.3) is 0 Å². The fourth-order valence-corrected chi connectivity index (χ4v) is 4.77. The minimum absolute atomic E-state index is 0.0880. The highest BCUT2D eigenvalue weighted by atomic mass is 32.1. The van der Waals surface area contributed by atoms with Gasteiger partial charge in [-0.3, -0.25) is 4.79 Å². The average molecular weight is 374 g/mol. The van der Waals surface area contributed by atoms with E-state index in [4.69, 9.17) is 4.52 Å². The Morgan fingerprint density at radius 2 is 2.20 bits per heavy atom. The summed E-state index contributed by atoms with van der Waals surface area (Å²) in [4.78, 5) is 13.4. The Bertz CT molecular complexity index is 819. The van der Waals surface area contributed by atoms with Gasteiger partial charge in [-0.05, 0) is 47.5 Å². The van der Waals surface area contributed by atoms with Crippen LogP contribution in [-0.2, 0) is 18.4 Å². The summed E-state index contributed by atoms with van der Waals surface area (Å²) < 4.78 is 5.32. The topological polar surface area (TPSA) is 75.4 Å². The quantitative estimate of drug-likeness (QED) is 0.718. The van der Waals surface area contributed by atoms with Crippen LogP contribution in [0.4, 0.5) is 0 Å². The summed E-state index contributed by atoms with van der Waals surface area (Å²) in [5.74, 6) is 0.528. The second-order valence-corrected chi connectivity index (χ2v) is 7.90. The van der Waals surface area contributed by atoms with E-state index in [2.05, 4.69) is 10.5 Å². The van der Waals surface area contributed by atoms with Gasteiger partial charge >= 0.3 is 0 Å². The molecule has 4 rings (SSSR count). The number of aliphatic hydroxyl groups is 1. The van der Waals surface area contributed by atoms with Crippen LogP contribution in [0.1, 0.15) is 45.1 Å². The van der Waals surface area contributed by atoms with Crippen LogP contribution in [0, 0.1) is 0 Å². The molecule has 1 amide bonds. The van der Waals surface area contributed by atoms with E-state index in [-0.39, 0.29) is 12.5 Å². The van der Waals surface area contributed by atoms with Crippen LogP contribution in [0.3, 0.4) is 0 Å². The maximum absolute atomic E-state index is 12.6. The van der Waals surface area contributed by atoms with Gasteiger partial charge in [0.05, 0.1) is 6.54 Å². The van der Waals surface area contributed by atoms with Crippen LogP contribution < -0.4 is 5.32 Å². The Hall–Kier alpha value is -1.96. The molecule has 1 aliphatic carbocycles. The zero-order valence-electron chi connectivity index (χ0n) is 13.5. The molecule has 3 aromatic heterocycles. The second-order valence-electron chi connectivity index (χ2n) is 6.17. The number of nitrogens with zero attached hydrogens (tertiary/aromatic N) is 1. The van der Waals surface area contributed by atoms with E-state index in [9.17, 15) is 9.90 Å². The van der Waals surface area contributed by atoms with Gasteiger partial charge in [-0.15, -0.1) is 11.3 Å². The molecule has 0 aliphatic heterocycles. The molecule has 0 saturated carbocycles. The largest absolute Gasteiger partial charge is 0.378 e. The molecule has 3 heterocycles. The Kier molecular flexibility index (Phi) is 4.45. The predicted molar refractivity (Wildman–Crippen MR) is 97.1 cm³/mol. The molecule has 0 aromatic carbocycles. The molecule has 3 aromatic rings. The summed E-state index contributed by atoms with van der Waals surface area (Å²) in [6, 6.07) is 5.66. The van der Waals surface area contributed by atoms with Crippen molar-refractivity contribution in [3.05, 3.63) is 61.8 Å². The van der Waals surface area contributed by atoms with Crippen LogP contribution in [0.2, 0.25) is 0 Å². The fraction of sp³-hybridized carbons (Fsp3) is 0.333. The number of thiophene rings is 2. The number of amides is 1. The molecular formula is C18H18N2O3S2. The number of hydrogen-bond acceptors (Lipinski definition) is 6. The first-order valence-corrected chi connectivity index (χ1v) is 10.1. The lowest BCUT2D eigenvalue weighted by Gasteiger charge is -2.26. The average Bonchev–Trinajstić information content (AvgIpc) is 3.40. The Morgan fingerprint density at radius 3 is 2.96 bits per heavy atom. The van der Waals surface area contributed by atoms with Gasteiger partial charge in [-0.1, -0.05) is 11.2 Å². The summed E-state index contributed by atoms with van der Waals surface area (Å²) in [6.07, 6.45) is 3.77. The maximum Gasteiger partial charge on any atom is 0.273 e. The van der Waals surface area contributed by atoms with Crippen LogP contribution in [0.5, 0.6) is 0 Å². The highest BCUT2D eigenvalue weighted by molar-refractivity contribution is 7.10. The van der Waals surface area contributed by atoms with E-state index in [1.54, 1.807) is 0 Å². The van der Waals surface area contributed by atoms with Crippen molar-refractivity contribution < 1.29 is 14.4 Å². The SMILES string of the molecule is O=C(NC[C@@](O)(c1ccsc1)c1cccs1)c1noc2c1CCCC2. The molecule has 0 bridgehead atoms. The van der Waals surface area contributed by atoms with Crippen molar-refractivity contribution in [2.45, 2.75) is 31.3 Å². The zero-order chi connectivity index (χ0) is 17.3. The molecule has 7 heteroatoms. The molecule has 0 radical (unpaired) electrons. The standard InChI is InChI=1S/C18H18N2O3S2/c21-17(16-13-4-1-2-5-14(13)23-20-16)19-11-18(22,12-7-9-24-10-12)15-6-3-8-25-15/h3,6-10,22H,1-2,4-5,11H2,(H,19,21)/t18-/m1/s1. The molecule has 2 N–H and O–H groups in total. The number of aromatic nitrogens is 1. The van der Waals surface area contributed by atoms with Gasteiger partial charge in [-0.2, -0.15) is 11.3 Å². The van der Waals surface area contributed by atoms with Crippen molar-refractivity contribution in [1.29, 1.82) is 0 Å². The molecule has 130 valence electrons. The van der Waals surface area contributed by atoms with E-state index in [1.165, 1.54) is 22.7 Å². The molecule has 0 spiro atoms. The monoisotopic (exact) mass is 374 g/mol. The summed E-state index contributed by atoms with van der Waals surface area (Å²) in [6.45, 7) is 0.0880. The lowest BCUT2D eigenvalue weighted by atomic mass is 9.94. The molecule has 1 aliphatic rings. The van der Waals surface area contributed by atoms with Crippen LogP contribution in [-0.4, -0.2) is 22.7 Å². The van der Waals surface area contributed by atoms with Gasteiger partial charge in [0, 0.05) is 22.4 Å². The highest BCUT2D eigenvalue weighted by Gasteiger charge is 2.34. The Balaban J connectivity index is 1.56. The fourth-order valence-electron chi connectivity index (χ4n) is 3.20. The van der Waals surface area contributed by atoms with Crippen molar-refractivity contribution in [2.24, 2.45) is 0 Å². The van der Waals surface area contributed by atoms with E-state index in [0.717, 1.165) is 47.4 Å². The lowest BCUT2D eigenvalue weighted by Crippen LogP contribution is -2.41. The van der Waals surface area contributed by atoms with Gasteiger partial charge in [0.25, 0.3) is 5.91 Å². The summed E-state index contributed by atoms with van der Waals surface area (Å²) >= 11 is 2.99. The van der Waals surface area contributed by atoms with Gasteiger partial charge in [-0.25, -0.2) is 0 Å². The first-order valence-electron chi connectivity index (χ1n) is 8.23. The van der Waals surface area contributed by atoms with Crippen LogP contribution >= 0.6 is 22.7 Å². The van der Waals surface area contributed by atoms with Crippen molar-refractivity contribution in [2.75, 3.05) is 6.54 Å². The second kappa shape index (κ2) is 6.74. The molecule has 5 nitrogen and oxygen atoms in total.